The van der Waals surface area contributed by atoms with Crippen LogP contribution >= 0.6 is 11.3 Å². The van der Waals surface area contributed by atoms with Gasteiger partial charge in [0.05, 0.1) is 18.8 Å². The van der Waals surface area contributed by atoms with Crippen LogP contribution in [0.25, 0.3) is 0 Å². The molecule has 2 aromatic rings. The van der Waals surface area contributed by atoms with Gasteiger partial charge in [-0.15, -0.1) is 10.2 Å². The van der Waals surface area contributed by atoms with Crippen LogP contribution in [0.2, 0.25) is 0 Å². The SMILES string of the molecule is CCCCc1nnc(NC(=O)c2ccc(N3CCOCC3)nc2)s1. The average molecular weight is 347 g/mol. The van der Waals surface area contributed by atoms with E-state index in [0.717, 1.165) is 43.2 Å². The van der Waals surface area contributed by atoms with Gasteiger partial charge in [-0.25, -0.2) is 4.98 Å². The van der Waals surface area contributed by atoms with Gasteiger partial charge < -0.3 is 9.64 Å². The fourth-order valence-corrected chi connectivity index (χ4v) is 3.18. The number of morpholine rings is 1. The van der Waals surface area contributed by atoms with E-state index in [1.807, 2.05) is 6.07 Å². The Hall–Kier alpha value is -2.06. The van der Waals surface area contributed by atoms with E-state index in [0.29, 0.717) is 23.9 Å². The third-order valence-corrected chi connectivity index (χ3v) is 4.68. The van der Waals surface area contributed by atoms with Gasteiger partial charge in [0.15, 0.2) is 0 Å². The van der Waals surface area contributed by atoms with Crippen LogP contribution in [-0.4, -0.2) is 47.4 Å². The smallest absolute Gasteiger partial charge is 0.259 e. The summed E-state index contributed by atoms with van der Waals surface area (Å²) in [5, 5.41) is 12.4. The zero-order valence-corrected chi connectivity index (χ0v) is 14.5. The molecular weight excluding hydrogens is 326 g/mol. The molecule has 0 radical (unpaired) electrons. The van der Waals surface area contributed by atoms with Gasteiger partial charge in [0, 0.05) is 25.7 Å². The van der Waals surface area contributed by atoms with E-state index in [1.54, 1.807) is 12.3 Å². The Kier molecular flexibility index (Phi) is 5.71. The largest absolute Gasteiger partial charge is 0.378 e. The highest BCUT2D eigenvalue weighted by Crippen LogP contribution is 2.19. The lowest BCUT2D eigenvalue weighted by molar-refractivity contribution is 0.102. The minimum absolute atomic E-state index is 0.214. The first-order valence-electron chi connectivity index (χ1n) is 8.18. The lowest BCUT2D eigenvalue weighted by atomic mass is 10.2. The third kappa shape index (κ3) is 4.27. The molecule has 2 aromatic heterocycles. The molecule has 0 bridgehead atoms. The van der Waals surface area contributed by atoms with Crippen molar-refractivity contribution in [2.24, 2.45) is 0 Å². The Labute approximate surface area is 145 Å². The van der Waals surface area contributed by atoms with Crippen LogP contribution in [0.5, 0.6) is 0 Å². The molecule has 1 fully saturated rings. The van der Waals surface area contributed by atoms with Crippen molar-refractivity contribution < 1.29 is 9.53 Å². The summed E-state index contributed by atoms with van der Waals surface area (Å²) >= 11 is 1.43. The number of aromatic nitrogens is 3. The summed E-state index contributed by atoms with van der Waals surface area (Å²) in [5.74, 6) is 0.654. The molecule has 128 valence electrons. The second kappa shape index (κ2) is 8.16. The molecule has 3 rings (SSSR count). The first kappa shape index (κ1) is 16.8. The molecule has 0 saturated carbocycles. The van der Waals surface area contributed by atoms with E-state index >= 15 is 0 Å². The first-order chi connectivity index (χ1) is 11.8. The number of anilines is 2. The Bertz CT molecular complexity index is 667. The van der Waals surface area contributed by atoms with Crippen molar-refractivity contribution in [3.8, 4) is 0 Å². The Morgan fingerprint density at radius 2 is 2.17 bits per heavy atom. The number of pyridine rings is 1. The highest BCUT2D eigenvalue weighted by Gasteiger charge is 2.14. The number of nitrogens with one attached hydrogen (secondary N) is 1. The summed E-state index contributed by atoms with van der Waals surface area (Å²) in [5.41, 5.74) is 0.511. The molecular formula is C16H21N5O2S. The predicted molar refractivity (Wildman–Crippen MR) is 93.7 cm³/mol. The van der Waals surface area contributed by atoms with Crippen molar-refractivity contribution in [1.29, 1.82) is 0 Å². The normalized spacial score (nSPS) is 14.6. The average Bonchev–Trinajstić information content (AvgIpc) is 3.08. The van der Waals surface area contributed by atoms with E-state index in [2.05, 4.69) is 32.3 Å². The van der Waals surface area contributed by atoms with Gasteiger partial charge in [-0.1, -0.05) is 24.7 Å². The summed E-state index contributed by atoms with van der Waals surface area (Å²) in [6.07, 6.45) is 4.69. The van der Waals surface area contributed by atoms with E-state index in [9.17, 15) is 4.79 Å². The molecule has 8 heteroatoms. The molecule has 0 unspecified atom stereocenters. The number of ether oxygens (including phenoxy) is 1. The van der Waals surface area contributed by atoms with Crippen molar-refractivity contribution in [2.75, 3.05) is 36.5 Å². The lowest BCUT2D eigenvalue weighted by Crippen LogP contribution is -2.36. The summed E-state index contributed by atoms with van der Waals surface area (Å²) in [7, 11) is 0. The second-order valence-corrected chi connectivity index (χ2v) is 6.63. The Morgan fingerprint density at radius 3 is 2.88 bits per heavy atom. The molecule has 1 N–H and O–H groups in total. The summed E-state index contributed by atoms with van der Waals surface area (Å²) in [6.45, 7) is 5.20. The van der Waals surface area contributed by atoms with E-state index in [4.69, 9.17) is 4.74 Å². The number of hydrogen-bond acceptors (Lipinski definition) is 7. The fraction of sp³-hybridized carbons (Fsp3) is 0.500. The number of hydrogen-bond donors (Lipinski definition) is 1. The van der Waals surface area contributed by atoms with Crippen molar-refractivity contribution in [2.45, 2.75) is 26.2 Å². The van der Waals surface area contributed by atoms with Gasteiger partial charge in [-0.2, -0.15) is 0 Å². The maximum Gasteiger partial charge on any atom is 0.259 e. The summed E-state index contributed by atoms with van der Waals surface area (Å²) in [6, 6.07) is 3.65. The van der Waals surface area contributed by atoms with Crippen molar-refractivity contribution in [1.82, 2.24) is 15.2 Å². The number of rotatable bonds is 6. The van der Waals surface area contributed by atoms with E-state index < -0.39 is 0 Å². The maximum atomic E-state index is 12.3. The zero-order chi connectivity index (χ0) is 16.8. The molecule has 1 aliphatic rings. The minimum atomic E-state index is -0.214. The van der Waals surface area contributed by atoms with Crippen molar-refractivity contribution >= 4 is 28.2 Å². The number of unbranched alkanes of at least 4 members (excludes halogenated alkanes) is 1. The van der Waals surface area contributed by atoms with Crippen LogP contribution in [-0.2, 0) is 11.2 Å². The molecule has 0 spiro atoms. The standard InChI is InChI=1S/C16H21N5O2S/c1-2-3-4-14-19-20-16(24-14)18-15(22)12-5-6-13(17-11-12)21-7-9-23-10-8-21/h5-6,11H,2-4,7-10H2,1H3,(H,18,20,22). The van der Waals surface area contributed by atoms with Crippen LogP contribution in [0.1, 0.15) is 35.1 Å². The number of amides is 1. The first-order valence-corrected chi connectivity index (χ1v) is 9.00. The van der Waals surface area contributed by atoms with Crippen LogP contribution in [0.3, 0.4) is 0 Å². The van der Waals surface area contributed by atoms with Gasteiger partial charge >= 0.3 is 0 Å². The molecule has 1 aliphatic heterocycles. The van der Waals surface area contributed by atoms with Crippen LogP contribution < -0.4 is 10.2 Å². The van der Waals surface area contributed by atoms with Crippen LogP contribution in [0.15, 0.2) is 18.3 Å². The summed E-state index contributed by atoms with van der Waals surface area (Å²) in [4.78, 5) is 18.8. The number of carbonyl (C=O) groups excluding carboxylic acids is 1. The van der Waals surface area contributed by atoms with Gasteiger partial charge in [-0.05, 0) is 18.6 Å². The molecule has 24 heavy (non-hydrogen) atoms. The van der Waals surface area contributed by atoms with Crippen molar-refractivity contribution in [3.05, 3.63) is 28.9 Å². The highest BCUT2D eigenvalue weighted by atomic mass is 32.1. The summed E-state index contributed by atoms with van der Waals surface area (Å²) < 4.78 is 5.33. The maximum absolute atomic E-state index is 12.3. The third-order valence-electron chi connectivity index (χ3n) is 3.78. The highest BCUT2D eigenvalue weighted by molar-refractivity contribution is 7.15. The quantitative estimate of drug-likeness (QED) is 0.864. The second-order valence-electron chi connectivity index (χ2n) is 5.56. The van der Waals surface area contributed by atoms with Gasteiger partial charge in [-0.3, -0.25) is 10.1 Å². The molecule has 0 aromatic carbocycles. The zero-order valence-electron chi connectivity index (χ0n) is 13.7. The Balaban J connectivity index is 1.59. The number of nitrogens with zero attached hydrogens (tertiary/aromatic N) is 4. The molecule has 1 saturated heterocycles. The van der Waals surface area contributed by atoms with Gasteiger partial charge in [0.25, 0.3) is 5.91 Å². The van der Waals surface area contributed by atoms with E-state index in [-0.39, 0.29) is 5.91 Å². The van der Waals surface area contributed by atoms with Crippen molar-refractivity contribution in [3.63, 3.8) is 0 Å². The molecule has 0 aliphatic carbocycles. The lowest BCUT2D eigenvalue weighted by Gasteiger charge is -2.27. The molecule has 0 atom stereocenters. The number of carbonyl (C=O) groups is 1. The molecule has 3 heterocycles. The Morgan fingerprint density at radius 1 is 1.33 bits per heavy atom. The number of aryl methyl sites for hydroxylation is 1. The minimum Gasteiger partial charge on any atom is -0.378 e. The predicted octanol–water partition coefficient (Wildman–Crippen LogP) is 2.36. The van der Waals surface area contributed by atoms with Crippen LogP contribution in [0.4, 0.5) is 10.9 Å². The fourth-order valence-electron chi connectivity index (χ4n) is 2.40. The van der Waals surface area contributed by atoms with Gasteiger partial charge in [0.2, 0.25) is 5.13 Å². The monoisotopic (exact) mass is 347 g/mol. The van der Waals surface area contributed by atoms with E-state index in [1.165, 1.54) is 11.3 Å². The van der Waals surface area contributed by atoms with Crippen LogP contribution in [0, 0.1) is 0 Å². The molecule has 7 nitrogen and oxygen atoms in total. The van der Waals surface area contributed by atoms with Gasteiger partial charge in [0.1, 0.15) is 10.8 Å². The molecule has 1 amide bonds. The topological polar surface area (TPSA) is 80.2 Å².